The number of likely N-dealkylation sites (N-methyl/N-ethyl adjacent to an activating group) is 1. The highest BCUT2D eigenvalue weighted by atomic mass is 35.5. The summed E-state index contributed by atoms with van der Waals surface area (Å²) in [5.74, 6) is 0. The second kappa shape index (κ2) is 7.17. The van der Waals surface area contributed by atoms with Gasteiger partial charge in [-0.05, 0) is 7.05 Å². The zero-order valence-corrected chi connectivity index (χ0v) is 5.61. The molecule has 0 aromatic carbocycles. The fourth-order valence-electron chi connectivity index (χ4n) is 0.300. The Kier molecular flexibility index (Phi) is 9.89. The molecule has 0 amide bonds. The Morgan fingerprint density at radius 1 is 1.62 bits per heavy atom. The van der Waals surface area contributed by atoms with Gasteiger partial charge < -0.3 is 15.5 Å². The van der Waals surface area contributed by atoms with Crippen LogP contribution in [0.4, 0.5) is 0 Å². The lowest BCUT2D eigenvalue weighted by Gasteiger charge is -2.02. The lowest BCUT2D eigenvalue weighted by atomic mass is 10.4. The van der Waals surface area contributed by atoms with Crippen LogP contribution in [0.5, 0.6) is 0 Å². The summed E-state index contributed by atoms with van der Waals surface area (Å²) in [5.41, 5.74) is 0. The number of hydrogen-bond donors (Lipinski definition) is 3. The summed E-state index contributed by atoms with van der Waals surface area (Å²) >= 11 is 0. The van der Waals surface area contributed by atoms with Gasteiger partial charge in [0.15, 0.2) is 0 Å². The summed E-state index contributed by atoms with van der Waals surface area (Å²) < 4.78 is 0. The fourth-order valence-corrected chi connectivity index (χ4v) is 0.300. The zero-order valence-electron chi connectivity index (χ0n) is 4.79. The molecule has 0 aliphatic heterocycles. The number of hydrogen-bond acceptors (Lipinski definition) is 3. The lowest BCUT2D eigenvalue weighted by molar-refractivity contribution is 0.0961. The molecule has 0 heterocycles. The predicted molar refractivity (Wildman–Crippen MR) is 34.3 cm³/mol. The number of aliphatic hydroxyl groups excluding tert-OH is 2. The molecule has 0 aromatic rings. The molecule has 0 bridgehead atoms. The Balaban J connectivity index is 0. The van der Waals surface area contributed by atoms with Crippen LogP contribution in [0.1, 0.15) is 0 Å². The van der Waals surface area contributed by atoms with Crippen molar-refractivity contribution in [3.05, 3.63) is 0 Å². The minimum atomic E-state index is -0.606. The molecule has 0 aliphatic carbocycles. The Bertz CT molecular complexity index is 45.0. The van der Waals surface area contributed by atoms with Gasteiger partial charge in [0.2, 0.25) is 0 Å². The van der Waals surface area contributed by atoms with Crippen molar-refractivity contribution >= 4 is 12.4 Å². The van der Waals surface area contributed by atoms with E-state index < -0.39 is 6.10 Å². The van der Waals surface area contributed by atoms with Crippen LogP contribution in [0, 0.1) is 0 Å². The molecule has 0 saturated carbocycles. The van der Waals surface area contributed by atoms with Gasteiger partial charge in [0.1, 0.15) is 0 Å². The van der Waals surface area contributed by atoms with E-state index in [9.17, 15) is 0 Å². The highest BCUT2D eigenvalue weighted by Crippen LogP contribution is 1.72. The van der Waals surface area contributed by atoms with Gasteiger partial charge in [-0.3, -0.25) is 0 Å². The van der Waals surface area contributed by atoms with E-state index in [4.69, 9.17) is 10.2 Å². The van der Waals surface area contributed by atoms with E-state index in [2.05, 4.69) is 5.32 Å². The van der Waals surface area contributed by atoms with Crippen LogP contribution >= 0.6 is 12.4 Å². The maximum atomic E-state index is 8.55. The van der Waals surface area contributed by atoms with Crippen LogP contribution in [-0.2, 0) is 0 Å². The van der Waals surface area contributed by atoms with E-state index in [1.54, 1.807) is 7.05 Å². The normalized spacial score (nSPS) is 12.4. The molecule has 0 saturated heterocycles. The van der Waals surface area contributed by atoms with E-state index in [-0.39, 0.29) is 19.0 Å². The largest absolute Gasteiger partial charge is 0.394 e. The van der Waals surface area contributed by atoms with Crippen molar-refractivity contribution in [2.45, 2.75) is 6.10 Å². The topological polar surface area (TPSA) is 52.5 Å². The van der Waals surface area contributed by atoms with Crippen LogP contribution < -0.4 is 5.32 Å². The van der Waals surface area contributed by atoms with E-state index in [1.165, 1.54) is 0 Å². The Morgan fingerprint density at radius 2 is 2.12 bits per heavy atom. The van der Waals surface area contributed by atoms with E-state index in [1.807, 2.05) is 0 Å². The Hall–Kier alpha value is 0.170. The van der Waals surface area contributed by atoms with E-state index >= 15 is 0 Å². The minimum Gasteiger partial charge on any atom is -0.394 e. The molecule has 1 atom stereocenters. The van der Waals surface area contributed by atoms with Crippen molar-refractivity contribution in [2.75, 3.05) is 20.2 Å². The maximum absolute atomic E-state index is 8.55. The fraction of sp³-hybridized carbons (Fsp3) is 1.00. The highest BCUT2D eigenvalue weighted by molar-refractivity contribution is 5.85. The third-order valence-electron chi connectivity index (χ3n) is 0.650. The first-order chi connectivity index (χ1) is 3.31. The maximum Gasteiger partial charge on any atom is 0.0894 e. The smallest absolute Gasteiger partial charge is 0.0894 e. The molecule has 0 aromatic heterocycles. The molecule has 8 heavy (non-hydrogen) atoms. The first kappa shape index (κ1) is 11.0. The third-order valence-corrected chi connectivity index (χ3v) is 0.650. The SMILES string of the molecule is CNC[C@H](O)CO.Cl. The second-order valence-electron chi connectivity index (χ2n) is 1.39. The summed E-state index contributed by atoms with van der Waals surface area (Å²) in [4.78, 5) is 0. The summed E-state index contributed by atoms with van der Waals surface area (Å²) in [6, 6.07) is 0. The van der Waals surface area contributed by atoms with Crippen LogP contribution in [0.2, 0.25) is 0 Å². The van der Waals surface area contributed by atoms with Gasteiger partial charge in [0.25, 0.3) is 0 Å². The third kappa shape index (κ3) is 6.17. The molecule has 0 radical (unpaired) electrons. The Morgan fingerprint density at radius 3 is 2.25 bits per heavy atom. The molecule has 3 nitrogen and oxygen atoms in total. The quantitative estimate of drug-likeness (QED) is 0.472. The molecule has 0 unspecified atom stereocenters. The van der Waals surface area contributed by atoms with Gasteiger partial charge in [0.05, 0.1) is 12.7 Å². The summed E-state index contributed by atoms with van der Waals surface area (Å²) in [5, 5.41) is 19.4. The zero-order chi connectivity index (χ0) is 5.70. The van der Waals surface area contributed by atoms with Crippen LogP contribution in [-0.4, -0.2) is 36.5 Å². The van der Waals surface area contributed by atoms with Crippen LogP contribution in [0.3, 0.4) is 0 Å². The number of rotatable bonds is 3. The van der Waals surface area contributed by atoms with Crippen molar-refractivity contribution in [3.63, 3.8) is 0 Å². The van der Waals surface area contributed by atoms with Crippen LogP contribution in [0.15, 0.2) is 0 Å². The molecular formula is C4H12ClNO2. The van der Waals surface area contributed by atoms with Gasteiger partial charge in [-0.2, -0.15) is 0 Å². The summed E-state index contributed by atoms with van der Waals surface area (Å²) in [6.07, 6.45) is -0.606. The average Bonchev–Trinajstić information content (AvgIpc) is 1.68. The van der Waals surface area contributed by atoms with Gasteiger partial charge in [-0.15, -0.1) is 12.4 Å². The minimum absolute atomic E-state index is 0. The van der Waals surface area contributed by atoms with Gasteiger partial charge in [-0.25, -0.2) is 0 Å². The molecule has 0 spiro atoms. The van der Waals surface area contributed by atoms with Crippen molar-refractivity contribution in [1.82, 2.24) is 5.32 Å². The molecule has 0 fully saturated rings. The second-order valence-corrected chi connectivity index (χ2v) is 1.39. The average molecular weight is 142 g/mol. The van der Waals surface area contributed by atoms with Crippen molar-refractivity contribution in [1.29, 1.82) is 0 Å². The molecule has 0 rings (SSSR count). The van der Waals surface area contributed by atoms with Crippen molar-refractivity contribution in [3.8, 4) is 0 Å². The molecule has 0 aliphatic rings. The number of halogens is 1. The summed E-state index contributed by atoms with van der Waals surface area (Å²) in [6.45, 7) is 0.289. The lowest BCUT2D eigenvalue weighted by Crippen LogP contribution is -2.26. The van der Waals surface area contributed by atoms with Crippen molar-refractivity contribution < 1.29 is 10.2 Å². The number of aliphatic hydroxyl groups is 2. The summed E-state index contributed by atoms with van der Waals surface area (Å²) in [7, 11) is 1.72. The van der Waals surface area contributed by atoms with Gasteiger partial charge in [-0.1, -0.05) is 0 Å². The highest BCUT2D eigenvalue weighted by Gasteiger charge is 1.95. The van der Waals surface area contributed by atoms with E-state index in [0.29, 0.717) is 6.54 Å². The Labute approximate surface area is 55.1 Å². The van der Waals surface area contributed by atoms with Crippen LogP contribution in [0.25, 0.3) is 0 Å². The van der Waals surface area contributed by atoms with Gasteiger partial charge >= 0.3 is 0 Å². The molecule has 3 N–H and O–H groups in total. The number of nitrogens with one attached hydrogen (secondary N) is 1. The predicted octanol–water partition coefficient (Wildman–Crippen LogP) is -1.02. The monoisotopic (exact) mass is 141 g/mol. The molecule has 52 valence electrons. The first-order valence-electron chi connectivity index (χ1n) is 2.24. The molecular weight excluding hydrogens is 130 g/mol. The van der Waals surface area contributed by atoms with E-state index in [0.717, 1.165) is 0 Å². The van der Waals surface area contributed by atoms with Crippen molar-refractivity contribution in [2.24, 2.45) is 0 Å². The van der Waals surface area contributed by atoms with Gasteiger partial charge in [0, 0.05) is 6.54 Å². The first-order valence-corrected chi connectivity index (χ1v) is 2.24. The standard InChI is InChI=1S/C4H11NO2.ClH/c1-5-2-4(7)3-6;/h4-7H,2-3H2,1H3;1H/t4-;/m0./s1. The molecule has 4 heteroatoms.